The molecule has 0 saturated heterocycles. The maximum atomic E-state index is 13.7. The number of rotatable bonds is 7. The number of benzene rings is 2. The van der Waals surface area contributed by atoms with E-state index in [1.807, 2.05) is 63.3 Å². The molecule has 2 aromatic carbocycles. The third-order valence-corrected chi connectivity index (χ3v) is 9.37. The van der Waals surface area contributed by atoms with Gasteiger partial charge in [0.25, 0.3) is 5.91 Å². The van der Waals surface area contributed by atoms with E-state index in [4.69, 9.17) is 4.99 Å². The molecule has 2 atom stereocenters. The number of nitrogens with zero attached hydrogens (tertiary/aromatic N) is 6. The van der Waals surface area contributed by atoms with Crippen LogP contribution < -0.4 is 20.4 Å². The second-order valence-electron chi connectivity index (χ2n) is 13.0. The number of anilines is 5. The van der Waals surface area contributed by atoms with Gasteiger partial charge in [0.15, 0.2) is 5.78 Å². The second kappa shape index (κ2) is 13.5. The third kappa shape index (κ3) is 6.67. The highest BCUT2D eigenvalue weighted by Gasteiger charge is 2.32. The zero-order chi connectivity index (χ0) is 34.9. The number of allylic oxidation sites excluding steroid dienone is 4. The average molecular weight is 667 g/mol. The van der Waals surface area contributed by atoms with Crippen molar-refractivity contribution < 1.29 is 14.4 Å². The summed E-state index contributed by atoms with van der Waals surface area (Å²) in [5.74, 6) is 0.915. The summed E-state index contributed by atoms with van der Waals surface area (Å²) in [5, 5.41) is 6.14. The van der Waals surface area contributed by atoms with E-state index in [-0.39, 0.29) is 36.6 Å². The molecule has 50 heavy (non-hydrogen) atoms. The van der Waals surface area contributed by atoms with Crippen LogP contribution >= 0.6 is 0 Å². The standard InChI is InChI=1S/C39H38N8O3/c1-23-10-13-30(19-34(23)47-22-29-20-41-38(45-36(29)46(4)39(47)50)44-31-14-11-24(2)40-21-31)43-37(49)27-12-15-32-25(3)42-33(35(48)18-28(32)17-27)16-26-8-6-5-7-9-26/h5-8,10-15,17,19-21,26,33H,9,16,18,22H2,1-4H3,(H,43,49)(H,41,44,45)/t26?,33-/m0/s1. The first-order chi connectivity index (χ1) is 24.1. The number of ketones is 1. The van der Waals surface area contributed by atoms with Gasteiger partial charge in [-0.1, -0.05) is 36.4 Å². The first kappa shape index (κ1) is 32.6. The molecule has 2 aliphatic heterocycles. The van der Waals surface area contributed by atoms with Crippen LogP contribution in [0.15, 0.2) is 90.2 Å². The molecule has 252 valence electrons. The highest BCUT2D eigenvalue weighted by Crippen LogP contribution is 2.34. The predicted octanol–water partition coefficient (Wildman–Crippen LogP) is 6.89. The summed E-state index contributed by atoms with van der Waals surface area (Å²) in [6, 6.07) is 14.0. The average Bonchev–Trinajstić information content (AvgIpc) is 3.23. The first-order valence-corrected chi connectivity index (χ1v) is 16.7. The Balaban J connectivity index is 1.06. The van der Waals surface area contributed by atoms with Gasteiger partial charge in [0.2, 0.25) is 5.95 Å². The fraction of sp³-hybridized carbons (Fsp3) is 0.256. The number of carbonyl (C=O) groups is 3. The van der Waals surface area contributed by atoms with Crippen LogP contribution in [-0.4, -0.2) is 51.5 Å². The van der Waals surface area contributed by atoms with Gasteiger partial charge in [-0.05, 0) is 92.6 Å². The monoisotopic (exact) mass is 666 g/mol. The van der Waals surface area contributed by atoms with E-state index >= 15 is 0 Å². The molecule has 0 fully saturated rings. The summed E-state index contributed by atoms with van der Waals surface area (Å²) in [6.07, 6.45) is 13.5. The van der Waals surface area contributed by atoms with Crippen LogP contribution in [0.1, 0.15) is 58.1 Å². The van der Waals surface area contributed by atoms with Gasteiger partial charge in [0, 0.05) is 47.9 Å². The summed E-state index contributed by atoms with van der Waals surface area (Å²) in [4.78, 5) is 61.9. The van der Waals surface area contributed by atoms with Crippen molar-refractivity contribution in [1.82, 2.24) is 15.0 Å². The molecule has 0 radical (unpaired) electrons. The number of nitrogens with one attached hydrogen (secondary N) is 2. The van der Waals surface area contributed by atoms with E-state index in [0.29, 0.717) is 35.1 Å². The van der Waals surface area contributed by atoms with Crippen LogP contribution in [0.3, 0.4) is 0 Å². The SMILES string of the molecule is CC1=N[C@@H](CC2C=CC=CC2)C(=O)Cc2cc(C(=O)Nc3ccc(C)c(N4Cc5cnc(Nc6ccc(C)nc6)nc5N(C)C4=O)c3)ccc21. The van der Waals surface area contributed by atoms with E-state index in [2.05, 4.69) is 37.7 Å². The molecule has 4 heterocycles. The molecule has 11 heteroatoms. The minimum Gasteiger partial charge on any atom is -0.323 e. The zero-order valence-corrected chi connectivity index (χ0v) is 28.5. The molecule has 0 saturated carbocycles. The molecule has 0 spiro atoms. The minimum atomic E-state index is -0.406. The Labute approximate surface area is 290 Å². The summed E-state index contributed by atoms with van der Waals surface area (Å²) in [7, 11) is 1.68. The van der Waals surface area contributed by atoms with Crippen molar-refractivity contribution in [2.24, 2.45) is 10.9 Å². The molecule has 1 unspecified atom stereocenters. The van der Waals surface area contributed by atoms with Gasteiger partial charge < -0.3 is 10.6 Å². The van der Waals surface area contributed by atoms with E-state index < -0.39 is 6.04 Å². The van der Waals surface area contributed by atoms with E-state index in [0.717, 1.165) is 45.8 Å². The Morgan fingerprint density at radius 2 is 1.78 bits per heavy atom. The van der Waals surface area contributed by atoms with Crippen molar-refractivity contribution in [2.75, 3.05) is 27.5 Å². The predicted molar refractivity (Wildman–Crippen MR) is 196 cm³/mol. The molecule has 2 aromatic heterocycles. The van der Waals surface area contributed by atoms with Crippen LogP contribution in [0.5, 0.6) is 0 Å². The summed E-state index contributed by atoms with van der Waals surface area (Å²) in [5.41, 5.74) is 7.43. The van der Waals surface area contributed by atoms with Crippen molar-refractivity contribution in [2.45, 2.75) is 52.6 Å². The largest absolute Gasteiger partial charge is 0.330 e. The van der Waals surface area contributed by atoms with Crippen LogP contribution in [0, 0.1) is 19.8 Å². The lowest BCUT2D eigenvalue weighted by Gasteiger charge is -2.35. The number of aliphatic imine (C=N–C) groups is 1. The number of hydrogen-bond donors (Lipinski definition) is 2. The van der Waals surface area contributed by atoms with Crippen LogP contribution in [0.25, 0.3) is 0 Å². The zero-order valence-electron chi connectivity index (χ0n) is 28.5. The van der Waals surface area contributed by atoms with Crippen molar-refractivity contribution >= 4 is 52.3 Å². The molecular weight excluding hydrogens is 628 g/mol. The van der Waals surface area contributed by atoms with Crippen LogP contribution in [-0.2, 0) is 17.8 Å². The van der Waals surface area contributed by atoms with Crippen LogP contribution in [0.2, 0.25) is 0 Å². The van der Waals surface area contributed by atoms with E-state index in [1.165, 1.54) is 4.90 Å². The number of aromatic nitrogens is 3. The van der Waals surface area contributed by atoms with Gasteiger partial charge in [-0.25, -0.2) is 9.78 Å². The van der Waals surface area contributed by atoms with Crippen LogP contribution in [0.4, 0.5) is 33.6 Å². The summed E-state index contributed by atoms with van der Waals surface area (Å²) in [6.45, 7) is 6.02. The minimum absolute atomic E-state index is 0.0611. The topological polar surface area (TPSA) is 133 Å². The number of aryl methyl sites for hydroxylation is 2. The number of carbonyl (C=O) groups excluding carboxylic acids is 3. The normalized spacial score (nSPS) is 18.3. The maximum Gasteiger partial charge on any atom is 0.330 e. The Hall–Kier alpha value is -5.97. The Kier molecular flexibility index (Phi) is 8.80. The highest BCUT2D eigenvalue weighted by molar-refractivity contribution is 6.09. The molecular formula is C39H38N8O3. The van der Waals surface area contributed by atoms with Gasteiger partial charge in [-0.3, -0.25) is 29.4 Å². The lowest BCUT2D eigenvalue weighted by atomic mass is 9.90. The molecule has 3 aliphatic rings. The fourth-order valence-electron chi connectivity index (χ4n) is 6.60. The molecule has 2 N–H and O–H groups in total. The van der Waals surface area contributed by atoms with Crippen molar-refractivity contribution in [1.29, 1.82) is 0 Å². The molecule has 11 nitrogen and oxygen atoms in total. The number of pyridine rings is 1. The van der Waals surface area contributed by atoms with Gasteiger partial charge in [-0.15, -0.1) is 0 Å². The first-order valence-electron chi connectivity index (χ1n) is 16.7. The van der Waals surface area contributed by atoms with Crippen molar-refractivity contribution in [3.8, 4) is 0 Å². The Bertz CT molecular complexity index is 2100. The van der Waals surface area contributed by atoms with Gasteiger partial charge in [0.1, 0.15) is 11.9 Å². The Morgan fingerprint density at radius 1 is 0.940 bits per heavy atom. The van der Waals surface area contributed by atoms with E-state index in [1.54, 1.807) is 42.5 Å². The van der Waals surface area contributed by atoms with E-state index in [9.17, 15) is 14.4 Å². The summed E-state index contributed by atoms with van der Waals surface area (Å²) >= 11 is 0. The van der Waals surface area contributed by atoms with Crippen molar-refractivity contribution in [3.05, 3.63) is 119 Å². The molecule has 0 bridgehead atoms. The quantitative estimate of drug-likeness (QED) is 0.220. The molecule has 3 amide bonds. The number of urea groups is 1. The number of fused-ring (bicyclic) bond motifs is 2. The lowest BCUT2D eigenvalue weighted by Crippen LogP contribution is -2.46. The highest BCUT2D eigenvalue weighted by atomic mass is 16.2. The van der Waals surface area contributed by atoms with Crippen molar-refractivity contribution in [3.63, 3.8) is 0 Å². The molecule has 4 aromatic rings. The maximum absolute atomic E-state index is 13.7. The number of hydrogen-bond acceptors (Lipinski definition) is 8. The second-order valence-corrected chi connectivity index (χ2v) is 13.0. The Morgan fingerprint density at radius 3 is 2.56 bits per heavy atom. The number of amides is 3. The number of Topliss-reactive ketones (excluding diaryl/α,β-unsaturated/α-hetero) is 1. The summed E-state index contributed by atoms with van der Waals surface area (Å²) < 4.78 is 0. The smallest absolute Gasteiger partial charge is 0.323 e. The molecule has 7 rings (SSSR count). The fourth-order valence-corrected chi connectivity index (χ4v) is 6.60. The van der Waals surface area contributed by atoms with Gasteiger partial charge in [-0.2, -0.15) is 4.98 Å². The van der Waals surface area contributed by atoms with Gasteiger partial charge in [0.05, 0.1) is 24.1 Å². The molecule has 1 aliphatic carbocycles. The lowest BCUT2D eigenvalue weighted by molar-refractivity contribution is -0.119. The van der Waals surface area contributed by atoms with Gasteiger partial charge >= 0.3 is 6.03 Å². The third-order valence-electron chi connectivity index (χ3n) is 9.37.